The van der Waals surface area contributed by atoms with Crippen molar-refractivity contribution in [3.63, 3.8) is 0 Å². The third-order valence-electron chi connectivity index (χ3n) is 6.98. The van der Waals surface area contributed by atoms with Crippen molar-refractivity contribution in [1.29, 1.82) is 0 Å². The molecule has 0 spiro atoms. The lowest BCUT2D eigenvalue weighted by molar-refractivity contribution is -0.137. The molecule has 0 amide bonds. The molecule has 1 saturated carbocycles. The molecule has 2 aromatic heterocycles. The lowest BCUT2D eigenvalue weighted by atomic mass is 9.87. The van der Waals surface area contributed by atoms with E-state index in [0.29, 0.717) is 5.56 Å². The number of aromatic nitrogens is 2. The smallest absolute Gasteiger partial charge is 0.343 e. The number of anilines is 1. The normalized spacial score (nSPS) is 15.7. The number of ketones is 1. The van der Waals surface area contributed by atoms with Crippen molar-refractivity contribution in [1.82, 2.24) is 9.55 Å². The van der Waals surface area contributed by atoms with E-state index in [1.54, 1.807) is 31.3 Å². The molecule has 14 heteroatoms. The quantitative estimate of drug-likeness (QED) is 0.181. The van der Waals surface area contributed by atoms with E-state index in [4.69, 9.17) is 21.0 Å². The van der Waals surface area contributed by atoms with Crippen LogP contribution < -0.4 is 21.8 Å². The Morgan fingerprint density at radius 1 is 1.20 bits per heavy atom. The Morgan fingerprint density at radius 3 is 2.51 bits per heavy atom. The number of carboxylic acids is 1. The highest BCUT2D eigenvalue weighted by Crippen LogP contribution is 2.48. The number of sulfonamides is 1. The van der Waals surface area contributed by atoms with Gasteiger partial charge in [-0.05, 0) is 49.3 Å². The predicted octanol–water partition coefficient (Wildman–Crippen LogP) is 1.44. The van der Waals surface area contributed by atoms with E-state index in [1.165, 1.54) is 23.2 Å². The summed E-state index contributed by atoms with van der Waals surface area (Å²) in [5.41, 5.74) is 11.9. The summed E-state index contributed by atoms with van der Waals surface area (Å²) in [5, 5.41) is 19.5. The molecule has 2 unspecified atom stereocenters. The molecule has 2 heterocycles. The molecule has 41 heavy (non-hydrogen) atoms. The number of nitrogens with zero attached hydrogens (tertiary/aromatic N) is 2. The fourth-order valence-corrected chi connectivity index (χ4v) is 5.75. The molecule has 3 aromatic rings. The summed E-state index contributed by atoms with van der Waals surface area (Å²) in [6, 6.07) is 5.92. The second kappa shape index (κ2) is 12.2. The highest BCUT2D eigenvalue weighted by molar-refractivity contribution is 7.92. The Balaban J connectivity index is 1.51. The van der Waals surface area contributed by atoms with Crippen LogP contribution in [0.2, 0.25) is 0 Å². The number of carboxylic acid groups (broad SMARTS) is 1. The van der Waals surface area contributed by atoms with Gasteiger partial charge in [0.05, 0.1) is 24.0 Å². The maximum Gasteiger partial charge on any atom is 0.343 e. The molecule has 1 fully saturated rings. The molecule has 0 aliphatic heterocycles. The average molecular weight is 588 g/mol. The molecule has 7 N–H and O–H groups in total. The lowest BCUT2D eigenvalue weighted by Gasteiger charge is -2.19. The zero-order valence-electron chi connectivity index (χ0n) is 22.4. The van der Waals surface area contributed by atoms with Crippen molar-refractivity contribution in [3.05, 3.63) is 70.2 Å². The number of hydrogen-bond donors (Lipinski definition) is 5. The monoisotopic (exact) mass is 587 g/mol. The topological polar surface area (TPSA) is 221 Å². The third kappa shape index (κ3) is 7.39. The number of rotatable bonds is 14. The molecular weight excluding hydrogens is 554 g/mol. The number of carbonyl (C=O) groups excluding carboxylic acids is 1. The molecule has 0 saturated heterocycles. The second-order valence-corrected chi connectivity index (χ2v) is 11.9. The van der Waals surface area contributed by atoms with E-state index in [1.807, 2.05) is 0 Å². The van der Waals surface area contributed by atoms with Gasteiger partial charge < -0.3 is 30.7 Å². The molecule has 4 rings (SSSR count). The molecule has 3 atom stereocenters. The SMILES string of the molecule is Cn1cnc(S(=O)(=O)Nc2cccc(C(c3c(O)cc(CCC(N)C(=O)[C@@H](N)CCC(=O)O)oc3=O)C3CC3)c2)c1. The van der Waals surface area contributed by atoms with Crippen molar-refractivity contribution in [2.45, 2.75) is 61.6 Å². The number of Topliss-reactive ketones (excluding diaryl/α,β-unsaturated/α-hetero) is 1. The van der Waals surface area contributed by atoms with Gasteiger partial charge in [0.2, 0.25) is 0 Å². The van der Waals surface area contributed by atoms with Gasteiger partial charge >= 0.3 is 11.6 Å². The fourth-order valence-electron chi connectivity index (χ4n) is 4.72. The number of nitrogens with one attached hydrogen (secondary N) is 1. The van der Waals surface area contributed by atoms with Crippen LogP contribution in [0.15, 0.2) is 57.1 Å². The third-order valence-corrected chi connectivity index (χ3v) is 8.24. The number of nitrogens with two attached hydrogens (primary N) is 2. The Bertz CT molecular complexity index is 1590. The largest absolute Gasteiger partial charge is 0.507 e. The molecule has 1 aromatic carbocycles. The zero-order chi connectivity index (χ0) is 29.9. The first-order valence-electron chi connectivity index (χ1n) is 13.1. The zero-order valence-corrected chi connectivity index (χ0v) is 23.2. The number of hydrogen-bond acceptors (Lipinski definition) is 10. The highest BCUT2D eigenvalue weighted by Gasteiger charge is 2.37. The van der Waals surface area contributed by atoms with Gasteiger partial charge in [-0.2, -0.15) is 8.42 Å². The number of carbonyl (C=O) groups is 2. The molecule has 1 aliphatic carbocycles. The van der Waals surface area contributed by atoms with Crippen LogP contribution in [0.3, 0.4) is 0 Å². The summed E-state index contributed by atoms with van der Waals surface area (Å²) in [6.07, 6.45) is 4.23. The van der Waals surface area contributed by atoms with Crippen LogP contribution in [0.1, 0.15) is 54.9 Å². The minimum absolute atomic E-state index is 0.0409. The molecular formula is C27H33N5O8S. The van der Waals surface area contributed by atoms with Crippen molar-refractivity contribution in [2.75, 3.05) is 4.72 Å². The van der Waals surface area contributed by atoms with Gasteiger partial charge in [0, 0.05) is 43.8 Å². The van der Waals surface area contributed by atoms with Gasteiger partial charge in [-0.1, -0.05) is 12.1 Å². The Labute approximate surface area is 236 Å². The van der Waals surface area contributed by atoms with E-state index in [-0.39, 0.29) is 59.4 Å². The lowest BCUT2D eigenvalue weighted by Crippen LogP contribution is -2.43. The van der Waals surface area contributed by atoms with Gasteiger partial charge in [-0.3, -0.25) is 14.3 Å². The van der Waals surface area contributed by atoms with E-state index < -0.39 is 45.4 Å². The maximum atomic E-state index is 13.1. The summed E-state index contributed by atoms with van der Waals surface area (Å²) >= 11 is 0. The summed E-state index contributed by atoms with van der Waals surface area (Å²) in [5.74, 6) is -2.19. The van der Waals surface area contributed by atoms with Crippen LogP contribution in [0.4, 0.5) is 5.69 Å². The van der Waals surface area contributed by atoms with Crippen LogP contribution >= 0.6 is 0 Å². The van der Waals surface area contributed by atoms with E-state index in [2.05, 4.69) is 9.71 Å². The van der Waals surface area contributed by atoms with Gasteiger partial charge in [-0.25, -0.2) is 9.78 Å². The average Bonchev–Trinajstić information content (AvgIpc) is 3.65. The minimum atomic E-state index is -3.94. The van der Waals surface area contributed by atoms with Gasteiger partial charge in [-0.15, -0.1) is 0 Å². The number of benzene rings is 1. The Hall–Kier alpha value is -4.01. The van der Waals surface area contributed by atoms with Gasteiger partial charge in [0.15, 0.2) is 10.8 Å². The van der Waals surface area contributed by atoms with Crippen LogP contribution in [0.25, 0.3) is 0 Å². The molecule has 0 bridgehead atoms. The standard InChI is InChI=1S/C27H33N5O8S/c1-32-13-22(30-14-32)41(38,39)31-17-4-2-3-16(11-17)24(15-5-6-15)25-21(33)12-18(40-27(25)37)7-8-19(28)26(36)20(29)9-10-23(34)35/h2-4,11-15,19-20,24,31,33H,5-10,28-29H2,1H3,(H,34,35)/t19?,20-,24?/m0/s1. The van der Waals surface area contributed by atoms with Crippen molar-refractivity contribution < 1.29 is 32.6 Å². The molecule has 0 radical (unpaired) electrons. The minimum Gasteiger partial charge on any atom is -0.507 e. The highest BCUT2D eigenvalue weighted by atomic mass is 32.2. The summed E-state index contributed by atoms with van der Waals surface area (Å²) in [7, 11) is -2.28. The molecule has 1 aliphatic rings. The summed E-state index contributed by atoms with van der Waals surface area (Å²) in [6.45, 7) is 0. The van der Waals surface area contributed by atoms with Crippen LogP contribution in [0, 0.1) is 5.92 Å². The molecule has 220 valence electrons. The maximum absolute atomic E-state index is 13.1. The number of aryl methyl sites for hydroxylation is 2. The number of imidazole rings is 1. The summed E-state index contributed by atoms with van der Waals surface area (Å²) in [4.78, 5) is 40.1. The van der Waals surface area contributed by atoms with Gasteiger partial charge in [0.25, 0.3) is 10.0 Å². The van der Waals surface area contributed by atoms with E-state index >= 15 is 0 Å². The fraction of sp³-hybridized carbons (Fsp3) is 0.407. The summed E-state index contributed by atoms with van der Waals surface area (Å²) < 4.78 is 35.0. The van der Waals surface area contributed by atoms with Crippen LogP contribution in [-0.2, 0) is 33.1 Å². The van der Waals surface area contributed by atoms with Crippen molar-refractivity contribution in [2.24, 2.45) is 24.4 Å². The first kappa shape index (κ1) is 30.0. The molecule has 13 nitrogen and oxygen atoms in total. The number of aromatic hydroxyl groups is 1. The van der Waals surface area contributed by atoms with Crippen LogP contribution in [0.5, 0.6) is 5.75 Å². The van der Waals surface area contributed by atoms with E-state index in [0.717, 1.165) is 12.8 Å². The number of aliphatic carboxylic acids is 1. The van der Waals surface area contributed by atoms with Crippen molar-refractivity contribution >= 4 is 27.5 Å². The Kier molecular flexibility index (Phi) is 8.95. The Morgan fingerprint density at radius 2 is 1.90 bits per heavy atom. The van der Waals surface area contributed by atoms with E-state index in [9.17, 15) is 27.9 Å². The van der Waals surface area contributed by atoms with Gasteiger partial charge in [0.1, 0.15) is 11.5 Å². The van der Waals surface area contributed by atoms with Crippen LogP contribution in [-0.4, -0.2) is 52.0 Å². The first-order valence-corrected chi connectivity index (χ1v) is 14.6. The van der Waals surface area contributed by atoms with Crippen molar-refractivity contribution in [3.8, 4) is 5.75 Å². The first-order chi connectivity index (χ1) is 19.4. The predicted molar refractivity (Wildman–Crippen MR) is 148 cm³/mol. The second-order valence-electron chi connectivity index (χ2n) is 10.3.